The number of ether oxygens (including phenoxy) is 3. The van der Waals surface area contributed by atoms with E-state index in [1.165, 1.54) is 48.6 Å². The molecule has 5 aromatic heterocycles. The molecule has 0 aromatic carbocycles. The van der Waals surface area contributed by atoms with Crippen molar-refractivity contribution in [2.75, 3.05) is 27.8 Å². The van der Waals surface area contributed by atoms with E-state index in [1.807, 2.05) is 0 Å². The monoisotopic (exact) mass is 1250 g/mol. The number of thiazole rings is 5. The zero-order valence-corrected chi connectivity index (χ0v) is 49.7. The number of carbonyl (C=O) groups is 7. The number of Topliss-reactive ketones (excluding diaryl/α,β-unsaturated/α-hetero) is 1. The first-order valence-corrected chi connectivity index (χ1v) is 29.8. The van der Waals surface area contributed by atoms with Crippen molar-refractivity contribution in [1.82, 2.24) is 51.1 Å². The Morgan fingerprint density at radius 3 is 2.20 bits per heavy atom. The van der Waals surface area contributed by atoms with Gasteiger partial charge in [-0.15, -0.1) is 56.7 Å². The van der Waals surface area contributed by atoms with Gasteiger partial charge in [0.05, 0.1) is 59.9 Å². The number of fused-ring (bicyclic) bond motifs is 11. The number of nitrogens with zero attached hydrogens (tertiary/aromatic N) is 7. The van der Waals surface area contributed by atoms with Gasteiger partial charge in [-0.2, -0.15) is 0 Å². The normalized spacial score (nSPS) is 26.0. The number of allylic oxidation sites excluding steroid dienone is 2. The van der Waals surface area contributed by atoms with Gasteiger partial charge in [0, 0.05) is 45.7 Å². The number of aliphatic imine (C=N–C) groups is 1. The molecule has 0 aliphatic carbocycles. The number of hydrogen-bond acceptors (Lipinski definition) is 27. The summed E-state index contributed by atoms with van der Waals surface area (Å²) < 4.78 is 17.4. The Kier molecular flexibility index (Phi) is 19.5. The molecule has 33 heteroatoms. The summed E-state index contributed by atoms with van der Waals surface area (Å²) in [5.41, 5.74) is 2.54. The van der Waals surface area contributed by atoms with Gasteiger partial charge in [-0.05, 0) is 47.9 Å². The summed E-state index contributed by atoms with van der Waals surface area (Å²) in [6.45, 7) is 8.65. The van der Waals surface area contributed by atoms with E-state index in [4.69, 9.17) is 29.9 Å². The lowest BCUT2D eigenvalue weighted by Gasteiger charge is -2.47. The molecule has 8 rings (SSSR count). The number of carboxylic acids is 1. The third-order valence-corrected chi connectivity index (χ3v) is 18.3. The summed E-state index contributed by atoms with van der Waals surface area (Å²) in [4.78, 5) is 124. The van der Waals surface area contributed by atoms with Crippen molar-refractivity contribution in [2.45, 2.75) is 113 Å². The molecule has 0 saturated carbocycles. The number of likely N-dealkylation sites (N-methyl/N-ethyl adjacent to an activating group) is 1. The van der Waals surface area contributed by atoms with E-state index in [1.54, 1.807) is 38.2 Å². The highest BCUT2D eigenvalue weighted by Crippen LogP contribution is 2.43. The third kappa shape index (κ3) is 13.7. The zero-order chi connectivity index (χ0) is 61.2. The molecule has 0 spiro atoms. The van der Waals surface area contributed by atoms with Crippen LogP contribution in [0.5, 0.6) is 0 Å². The van der Waals surface area contributed by atoms with Crippen LogP contribution in [0.15, 0.2) is 61.8 Å². The molecule has 1 saturated heterocycles. The molecule has 3 aliphatic rings. The molecule has 8 heterocycles. The van der Waals surface area contributed by atoms with Crippen LogP contribution in [0.4, 0.5) is 0 Å². The minimum absolute atomic E-state index is 0.0118. The number of hydrogen-bond donors (Lipinski definition) is 11. The van der Waals surface area contributed by atoms with E-state index in [-0.39, 0.29) is 77.1 Å². The van der Waals surface area contributed by atoms with Crippen LogP contribution in [0, 0.1) is 0 Å². The predicted octanol–water partition coefficient (Wildman–Crippen LogP) is 1.88. The summed E-state index contributed by atoms with van der Waals surface area (Å²) in [7, 11) is 4.78. The molecule has 0 radical (unpaired) electrons. The van der Waals surface area contributed by atoms with E-state index in [0.29, 0.717) is 0 Å². The molecule has 8 bridgehead atoms. The molecule has 2 unspecified atom stereocenters. The molecular formula is C51H58N12O16S5. The number of aliphatic carboxylic acids is 1. The SMILES string of the molecule is C=C(NC(=O)c1csc(C2=NC3c4csc(n4)[C@H](CO)NC(=O)c4csc(n4)[C@H]([C@H](O)[C@H](O[C@H]4C[C@](C)(O)[C@H](N(C)C)[C@H](C)O4)C(=O)O)CC(=O)c4csc(n4)/C(=C(/C)OC)NC(=O)[C@H]([C@@H](C)O)NC(=O)c4csc(n4)C3C=C2O)n1)C(N)=O. The van der Waals surface area contributed by atoms with E-state index in [2.05, 4.69) is 47.8 Å². The largest absolute Gasteiger partial charge is 0.506 e. The quantitative estimate of drug-likeness (QED) is 0.0592. The Labute approximate surface area is 497 Å². The number of nitrogens with two attached hydrogens (primary N) is 1. The van der Waals surface area contributed by atoms with Gasteiger partial charge < -0.3 is 76.8 Å². The second kappa shape index (κ2) is 26.0. The number of primary amides is 1. The molecule has 12 N–H and O–H groups in total. The minimum Gasteiger partial charge on any atom is -0.506 e. The number of dihydropyridines is 1. The van der Waals surface area contributed by atoms with E-state index in [9.17, 15) is 64.2 Å². The molecule has 3 aliphatic heterocycles. The first kappa shape index (κ1) is 62.9. The smallest absolute Gasteiger partial charge is 0.335 e. The fourth-order valence-corrected chi connectivity index (χ4v) is 14.0. The number of rotatable bonds is 13. The average molecular weight is 1260 g/mol. The number of methoxy groups -OCH3 is 1. The zero-order valence-electron chi connectivity index (χ0n) is 45.7. The fraction of sp³-hybridized carbons (Fsp3) is 0.431. The standard InChI is InChI=1S/C51H58N12O16S5/c1-18(40(52)69)53-41(70)27-17-84-49(59-27)36-31(67)9-22-35(60-36)26-14-82-47(56-26)24(12-64)54-42(71)28-15-81-46(58-28)23(37(68)38(50(74)75)79-32-11-51(5,76)39(63(6)7)21(4)78-32)10-30(66)25-13-83-48(55-25)34(20(3)77-8)62-44(73)33(19(2)65)61-43(72)29-16-80-45(22)57-29/h9,13-17,19,21-24,32-33,35,37-39,64-65,67-68,76H,1,10-12H2,2-8H3,(H2,52,69)(H,53,70)(H,54,71)(H,61,72)(H,62,73)(H,74,75)/b34-20+/t19-,21+,22?,23+,24+,32+,33+,35?,37+,38+,39-,51+/m1/s1. The maximum atomic E-state index is 14.4. The molecule has 84 heavy (non-hydrogen) atoms. The number of nitrogens with one attached hydrogen (secondary N) is 4. The van der Waals surface area contributed by atoms with Gasteiger partial charge in [-0.3, -0.25) is 33.8 Å². The molecule has 5 aromatic rings. The molecule has 12 atom stereocenters. The van der Waals surface area contributed by atoms with Crippen molar-refractivity contribution >= 4 is 109 Å². The van der Waals surface area contributed by atoms with Crippen molar-refractivity contribution in [3.8, 4) is 0 Å². The number of carboxylic acid groups (broad SMARTS) is 1. The fourth-order valence-electron chi connectivity index (χ4n) is 9.55. The third-order valence-electron chi connectivity index (χ3n) is 13.6. The second-order valence-corrected chi connectivity index (χ2v) is 24.4. The lowest BCUT2D eigenvalue weighted by Crippen LogP contribution is -2.61. The van der Waals surface area contributed by atoms with Crippen LogP contribution < -0.4 is 27.0 Å². The van der Waals surface area contributed by atoms with Crippen molar-refractivity contribution in [2.24, 2.45) is 10.7 Å². The van der Waals surface area contributed by atoms with Gasteiger partial charge in [0.15, 0.2) is 18.2 Å². The van der Waals surface area contributed by atoms with Crippen molar-refractivity contribution in [3.63, 3.8) is 0 Å². The van der Waals surface area contributed by atoms with Crippen molar-refractivity contribution in [3.05, 3.63) is 110 Å². The summed E-state index contributed by atoms with van der Waals surface area (Å²) >= 11 is 4.58. The summed E-state index contributed by atoms with van der Waals surface area (Å²) in [5.74, 6) is -9.82. The number of aliphatic hydroxyl groups excluding tert-OH is 4. The molecule has 28 nitrogen and oxygen atoms in total. The number of ketones is 1. The lowest BCUT2D eigenvalue weighted by molar-refractivity contribution is -0.276. The molecular weight excluding hydrogens is 1200 g/mol. The number of aromatic nitrogens is 5. The first-order chi connectivity index (χ1) is 39.7. The van der Waals surface area contributed by atoms with Gasteiger partial charge in [0.25, 0.3) is 23.6 Å². The minimum atomic E-state index is -2.12. The Balaban J connectivity index is 1.19. The Bertz CT molecular complexity index is 3470. The molecule has 1 fully saturated rings. The van der Waals surface area contributed by atoms with Crippen LogP contribution in [-0.4, -0.2) is 184 Å². The Morgan fingerprint density at radius 2 is 1.57 bits per heavy atom. The number of carbonyl (C=O) groups excluding carboxylic acids is 6. The van der Waals surface area contributed by atoms with Gasteiger partial charge in [0.1, 0.15) is 90.0 Å². The maximum Gasteiger partial charge on any atom is 0.335 e. The summed E-state index contributed by atoms with van der Waals surface area (Å²) in [5, 5.41) is 84.9. The highest BCUT2D eigenvalue weighted by Gasteiger charge is 2.48. The predicted molar refractivity (Wildman–Crippen MR) is 304 cm³/mol. The van der Waals surface area contributed by atoms with Gasteiger partial charge >= 0.3 is 5.97 Å². The van der Waals surface area contributed by atoms with Crippen LogP contribution in [0.2, 0.25) is 0 Å². The van der Waals surface area contributed by atoms with Gasteiger partial charge in [0.2, 0.25) is 5.91 Å². The lowest BCUT2D eigenvalue weighted by atomic mass is 9.85. The second-order valence-electron chi connectivity index (χ2n) is 20.0. The van der Waals surface area contributed by atoms with E-state index < -0.39 is 138 Å². The van der Waals surface area contributed by atoms with Gasteiger partial charge in [-0.25, -0.2) is 29.7 Å². The average Bonchev–Trinajstić information content (AvgIpc) is 2.63. The number of aliphatic hydroxyl groups is 5. The van der Waals surface area contributed by atoms with Crippen LogP contribution >= 0.6 is 56.7 Å². The van der Waals surface area contributed by atoms with Gasteiger partial charge in [-0.1, -0.05) is 6.58 Å². The number of amides is 5. The topological polar surface area (TPSA) is 423 Å². The van der Waals surface area contributed by atoms with E-state index >= 15 is 0 Å². The Hall–Kier alpha value is -7.15. The molecule has 5 amide bonds. The van der Waals surface area contributed by atoms with Crippen LogP contribution in [-0.2, 0) is 28.6 Å². The highest BCUT2D eigenvalue weighted by molar-refractivity contribution is 7.12. The summed E-state index contributed by atoms with van der Waals surface area (Å²) in [6, 6.07) is -4.49. The Morgan fingerprint density at radius 1 is 0.929 bits per heavy atom. The first-order valence-electron chi connectivity index (χ1n) is 25.4. The summed E-state index contributed by atoms with van der Waals surface area (Å²) in [6.07, 6.45) is -7.31. The van der Waals surface area contributed by atoms with Crippen molar-refractivity contribution < 1.29 is 78.4 Å². The van der Waals surface area contributed by atoms with Crippen LogP contribution in [0.3, 0.4) is 0 Å². The van der Waals surface area contributed by atoms with E-state index in [0.717, 1.165) is 56.7 Å². The van der Waals surface area contributed by atoms with Crippen LogP contribution in [0.25, 0.3) is 5.70 Å². The maximum absolute atomic E-state index is 14.4. The van der Waals surface area contributed by atoms with Crippen molar-refractivity contribution in [1.29, 1.82) is 0 Å². The van der Waals surface area contributed by atoms with Crippen LogP contribution in [0.1, 0.15) is 137 Å². The molecule has 448 valence electrons. The highest BCUT2D eigenvalue weighted by atomic mass is 32.1.